The Hall–Kier alpha value is -1.94. The standard InChI is InChI=1S/C22H28BClO5.C16H16BrClO3.C12H24B2O4.CH4.HI.H2/c1-6-25-15-26-14-16-13-19(27-18-9-7-17(24)8-10-18)11-12-20(16)23-28-21(2,3)22(4,5)29-23;1-2-19-11-20-10-12-9-15(7-8-16(12)17)21-14-5-3-13(18)4-6-14;1-9(2)10(3,4)16-13(15-9)14-17-11(5,6)12(7,8)18-14;;;/h7-13H,6,14-15H2,1-5H3;3-9H,2,10-11H2,1H3;1-8H3;1H4;2*1H. The maximum Gasteiger partial charge on any atom is 0.495 e. The van der Waals surface area contributed by atoms with Crippen molar-refractivity contribution < 1.29 is 57.8 Å². The summed E-state index contributed by atoms with van der Waals surface area (Å²) in [6, 6.07) is 26.1. The summed E-state index contributed by atoms with van der Waals surface area (Å²) in [6.07, 6.45) is 0. The molecule has 0 unspecified atom stereocenters. The van der Waals surface area contributed by atoms with Gasteiger partial charge in [-0.05, 0) is 192 Å². The molecule has 3 aliphatic heterocycles. The molecule has 12 nitrogen and oxygen atoms in total. The van der Waals surface area contributed by atoms with Crippen LogP contribution in [0.4, 0.5) is 0 Å². The Morgan fingerprint density at radius 1 is 0.471 bits per heavy atom. The Bertz CT molecular complexity index is 2160. The van der Waals surface area contributed by atoms with Crippen LogP contribution in [0.3, 0.4) is 0 Å². The minimum Gasteiger partial charge on any atom is -0.457 e. The lowest BCUT2D eigenvalue weighted by atomic mass is 9.49. The maximum absolute atomic E-state index is 6.23. The van der Waals surface area contributed by atoms with Crippen LogP contribution in [-0.4, -0.2) is 81.5 Å². The minimum absolute atomic E-state index is 0. The maximum atomic E-state index is 6.23. The third kappa shape index (κ3) is 16.8. The van der Waals surface area contributed by atoms with Gasteiger partial charge in [-0.3, -0.25) is 0 Å². The van der Waals surface area contributed by atoms with Crippen molar-refractivity contribution in [3.63, 3.8) is 0 Å². The van der Waals surface area contributed by atoms with E-state index in [1.54, 1.807) is 24.3 Å². The highest BCUT2D eigenvalue weighted by Gasteiger charge is 2.63. The Morgan fingerprint density at radius 3 is 1.19 bits per heavy atom. The number of benzene rings is 4. The summed E-state index contributed by atoms with van der Waals surface area (Å²) in [5, 5.41) is 1.35. The molecule has 0 atom stereocenters. The number of ether oxygens (including phenoxy) is 6. The largest absolute Gasteiger partial charge is 0.495 e. The van der Waals surface area contributed by atoms with E-state index in [0.29, 0.717) is 48.0 Å². The number of hydrogen-bond donors (Lipinski definition) is 0. The van der Waals surface area contributed by atoms with E-state index in [-0.39, 0.29) is 68.8 Å². The van der Waals surface area contributed by atoms with Gasteiger partial charge in [0.05, 0.1) is 46.8 Å². The van der Waals surface area contributed by atoms with Crippen molar-refractivity contribution in [2.45, 2.75) is 151 Å². The van der Waals surface area contributed by atoms with Crippen molar-refractivity contribution >= 4 is 89.7 Å². The summed E-state index contributed by atoms with van der Waals surface area (Å²) in [6.45, 7) is 30.8. The second-order valence-electron chi connectivity index (χ2n) is 19.5. The van der Waals surface area contributed by atoms with Crippen LogP contribution in [0.25, 0.3) is 0 Å². The zero-order valence-corrected chi connectivity index (χ0v) is 47.9. The molecule has 0 aliphatic carbocycles. The van der Waals surface area contributed by atoms with Gasteiger partial charge in [-0.25, -0.2) is 0 Å². The number of rotatable bonds is 16. The smallest absolute Gasteiger partial charge is 0.457 e. The predicted molar refractivity (Wildman–Crippen MR) is 298 cm³/mol. The molecule has 4 aromatic rings. The highest BCUT2D eigenvalue weighted by atomic mass is 127. The predicted octanol–water partition coefficient (Wildman–Crippen LogP) is 14.1. The lowest BCUT2D eigenvalue weighted by molar-refractivity contribution is -0.0573. The summed E-state index contributed by atoms with van der Waals surface area (Å²) >= 11 is 15.3. The van der Waals surface area contributed by atoms with Gasteiger partial charge in [0.1, 0.15) is 36.6 Å². The first-order valence-electron chi connectivity index (χ1n) is 22.9. The molecular weight excluding hydrogens is 1110 g/mol. The van der Waals surface area contributed by atoms with Gasteiger partial charge in [-0.15, -0.1) is 24.0 Å². The van der Waals surface area contributed by atoms with Gasteiger partial charge < -0.3 is 56.3 Å². The van der Waals surface area contributed by atoms with Crippen molar-refractivity contribution in [2.75, 3.05) is 26.8 Å². The monoisotopic (exact) mass is 1190 g/mol. The van der Waals surface area contributed by atoms with E-state index >= 15 is 0 Å². The fourth-order valence-corrected chi connectivity index (χ4v) is 7.17. The first kappa shape index (κ1) is 62.4. The van der Waals surface area contributed by atoms with E-state index in [2.05, 4.69) is 15.9 Å². The zero-order valence-electron chi connectivity index (χ0n) is 42.5. The molecule has 0 spiro atoms. The number of halogens is 4. The van der Waals surface area contributed by atoms with Crippen molar-refractivity contribution in [2.24, 2.45) is 0 Å². The topological polar surface area (TPSA) is 111 Å². The molecule has 388 valence electrons. The molecule has 7 rings (SSSR count). The van der Waals surface area contributed by atoms with Crippen LogP contribution in [0.15, 0.2) is 89.4 Å². The summed E-state index contributed by atoms with van der Waals surface area (Å²) in [4.78, 5) is 0. The van der Waals surface area contributed by atoms with Crippen LogP contribution < -0.4 is 14.9 Å². The van der Waals surface area contributed by atoms with Gasteiger partial charge in [-0.1, -0.05) is 52.6 Å². The molecule has 3 fully saturated rings. The number of hydrogen-bond acceptors (Lipinski definition) is 12. The Morgan fingerprint density at radius 2 is 0.800 bits per heavy atom. The van der Waals surface area contributed by atoms with Gasteiger partial charge in [0.25, 0.3) is 0 Å². The molecule has 0 aromatic heterocycles. The molecule has 0 amide bonds. The summed E-state index contributed by atoms with van der Waals surface area (Å²) in [5.74, 6) is 2.89. The molecule has 19 heteroatoms. The molecule has 0 radical (unpaired) electrons. The minimum atomic E-state index is -0.477. The van der Waals surface area contributed by atoms with E-state index in [1.165, 1.54) is 0 Å². The van der Waals surface area contributed by atoms with Gasteiger partial charge in [-0.2, -0.15) is 0 Å². The molecule has 4 aromatic carbocycles. The van der Waals surface area contributed by atoms with Gasteiger partial charge in [0, 0.05) is 29.2 Å². The van der Waals surface area contributed by atoms with Crippen LogP contribution in [0.2, 0.25) is 10.0 Å². The molecule has 0 N–H and O–H groups in total. The average molecular weight is 1190 g/mol. The van der Waals surface area contributed by atoms with Gasteiger partial charge in [0.2, 0.25) is 0 Å². The first-order valence-corrected chi connectivity index (χ1v) is 24.5. The van der Waals surface area contributed by atoms with Gasteiger partial charge >= 0.3 is 21.1 Å². The molecule has 3 saturated heterocycles. The second-order valence-corrected chi connectivity index (χ2v) is 21.2. The summed E-state index contributed by atoms with van der Waals surface area (Å²) in [5.41, 5.74) is 0.573. The van der Waals surface area contributed by atoms with Crippen LogP contribution in [0, 0.1) is 0 Å². The highest BCUT2D eigenvalue weighted by molar-refractivity contribution is 14.0. The lowest BCUT2D eigenvalue weighted by Crippen LogP contribution is -2.41. The molecule has 3 aliphatic rings. The third-order valence-corrected chi connectivity index (χ3v) is 14.0. The van der Waals surface area contributed by atoms with Crippen molar-refractivity contribution in [1.82, 2.24) is 0 Å². The highest BCUT2D eigenvalue weighted by Crippen LogP contribution is 2.43. The molecule has 0 bridgehead atoms. The molecule has 3 heterocycles. The van der Waals surface area contributed by atoms with E-state index < -0.39 is 32.3 Å². The summed E-state index contributed by atoms with van der Waals surface area (Å²) < 4.78 is 70.6. The van der Waals surface area contributed by atoms with Crippen LogP contribution in [-0.2, 0) is 60.1 Å². The fraction of sp³-hybridized carbons (Fsp3) is 0.529. The van der Waals surface area contributed by atoms with Crippen LogP contribution >= 0.6 is 63.1 Å². The van der Waals surface area contributed by atoms with Crippen molar-refractivity contribution in [1.29, 1.82) is 0 Å². The Labute approximate surface area is 456 Å². The molecule has 0 saturated carbocycles. The van der Waals surface area contributed by atoms with E-state index in [4.69, 9.17) is 79.5 Å². The van der Waals surface area contributed by atoms with Crippen LogP contribution in [0.1, 0.15) is 117 Å². The third-order valence-electron chi connectivity index (χ3n) is 12.8. The molecule has 70 heavy (non-hydrogen) atoms. The van der Waals surface area contributed by atoms with E-state index in [9.17, 15) is 0 Å². The lowest BCUT2D eigenvalue weighted by Gasteiger charge is -2.32. The molecular formula is C51H75B3BrCl2IO12. The zero-order chi connectivity index (χ0) is 50.1. The normalized spacial score (nSPS) is 18.7. The van der Waals surface area contributed by atoms with E-state index in [0.717, 1.165) is 32.6 Å². The van der Waals surface area contributed by atoms with Crippen LogP contribution in [0.5, 0.6) is 23.0 Å². The Kier molecular flexibility index (Phi) is 23.6. The summed E-state index contributed by atoms with van der Waals surface area (Å²) in [7, 11) is -1.43. The average Bonchev–Trinajstić information content (AvgIpc) is 3.73. The van der Waals surface area contributed by atoms with E-state index in [1.807, 2.05) is 158 Å². The Balaban J connectivity index is 0.000000369. The van der Waals surface area contributed by atoms with Crippen molar-refractivity contribution in [3.05, 3.63) is 111 Å². The van der Waals surface area contributed by atoms with Crippen molar-refractivity contribution in [3.8, 4) is 23.0 Å². The quantitative estimate of drug-likeness (QED) is 0.0461. The second kappa shape index (κ2) is 26.5. The SMILES string of the molecule is C.CC1(C)OB(B2OC(C)(C)C(C)(C)O2)OC1(C)C.CCOCOCc1cc(Oc2ccc(Cl)cc2)ccc1B1OC(C)(C)C(C)(C)O1.CCOCOCc1cc(Oc2ccc(Cl)cc2)ccc1Br.I.[HH]. The van der Waals surface area contributed by atoms with Gasteiger partial charge in [0.15, 0.2) is 0 Å². The first-order chi connectivity index (χ1) is 31.8. The fourth-order valence-electron chi connectivity index (χ4n) is 6.56.